The summed E-state index contributed by atoms with van der Waals surface area (Å²) in [4.78, 5) is 4.17. The smallest absolute Gasteiger partial charge is 0.127 e. The average molecular weight is 357 g/mol. The molecule has 0 bridgehead atoms. The number of rotatable bonds is 3. The molecule has 17 heavy (non-hydrogen) atoms. The molecule has 0 amide bonds. The standard InChI is InChI=1S/C12H11Br2N3/c1-15-12-7-9(4-5-16-12)17-11-3-2-8(13)6-10(11)14/h2-7H,1H3,(H2,15,16,17). The van der Waals surface area contributed by atoms with Crippen LogP contribution in [0.3, 0.4) is 0 Å². The van der Waals surface area contributed by atoms with E-state index in [4.69, 9.17) is 0 Å². The maximum absolute atomic E-state index is 4.17. The Hall–Kier alpha value is -1.07. The van der Waals surface area contributed by atoms with Gasteiger partial charge in [0.25, 0.3) is 0 Å². The summed E-state index contributed by atoms with van der Waals surface area (Å²) in [5.74, 6) is 0.836. The predicted molar refractivity (Wildman–Crippen MR) is 78.9 cm³/mol. The van der Waals surface area contributed by atoms with Crippen molar-refractivity contribution in [2.24, 2.45) is 0 Å². The highest BCUT2D eigenvalue weighted by Crippen LogP contribution is 2.29. The van der Waals surface area contributed by atoms with Crippen LogP contribution in [0, 0.1) is 0 Å². The van der Waals surface area contributed by atoms with Gasteiger partial charge in [0.1, 0.15) is 5.82 Å². The number of nitrogens with one attached hydrogen (secondary N) is 2. The molecule has 5 heteroatoms. The van der Waals surface area contributed by atoms with Gasteiger partial charge in [0.15, 0.2) is 0 Å². The van der Waals surface area contributed by atoms with Crippen LogP contribution in [-0.2, 0) is 0 Å². The number of anilines is 3. The Bertz CT molecular complexity index is 529. The molecule has 3 nitrogen and oxygen atoms in total. The topological polar surface area (TPSA) is 37.0 Å². The predicted octanol–water partition coefficient (Wildman–Crippen LogP) is 4.39. The third-order valence-corrected chi connectivity index (χ3v) is 3.38. The number of benzene rings is 1. The second kappa shape index (κ2) is 5.51. The first kappa shape index (κ1) is 12.4. The van der Waals surface area contributed by atoms with Crippen LogP contribution in [0.25, 0.3) is 0 Å². The minimum absolute atomic E-state index is 0.836. The van der Waals surface area contributed by atoms with Crippen LogP contribution >= 0.6 is 31.9 Å². The molecule has 2 rings (SSSR count). The van der Waals surface area contributed by atoms with E-state index < -0.39 is 0 Å². The maximum atomic E-state index is 4.17. The van der Waals surface area contributed by atoms with Crippen molar-refractivity contribution in [3.05, 3.63) is 45.5 Å². The van der Waals surface area contributed by atoms with E-state index in [0.29, 0.717) is 0 Å². The molecule has 0 saturated heterocycles. The van der Waals surface area contributed by atoms with E-state index in [-0.39, 0.29) is 0 Å². The quantitative estimate of drug-likeness (QED) is 0.856. The molecule has 0 spiro atoms. The summed E-state index contributed by atoms with van der Waals surface area (Å²) in [6, 6.07) is 9.88. The first-order chi connectivity index (χ1) is 8.19. The number of hydrogen-bond acceptors (Lipinski definition) is 3. The lowest BCUT2D eigenvalue weighted by atomic mass is 10.3. The zero-order valence-corrected chi connectivity index (χ0v) is 12.3. The number of hydrogen-bond donors (Lipinski definition) is 2. The van der Waals surface area contributed by atoms with Gasteiger partial charge in [-0.25, -0.2) is 4.98 Å². The van der Waals surface area contributed by atoms with Crippen LogP contribution in [0.5, 0.6) is 0 Å². The summed E-state index contributed by atoms with van der Waals surface area (Å²) in [5, 5.41) is 6.33. The first-order valence-electron chi connectivity index (χ1n) is 5.05. The Kier molecular flexibility index (Phi) is 4.02. The first-order valence-corrected chi connectivity index (χ1v) is 6.63. The summed E-state index contributed by atoms with van der Waals surface area (Å²) in [5.41, 5.74) is 2.01. The number of halogens is 2. The van der Waals surface area contributed by atoms with Crippen molar-refractivity contribution in [3.63, 3.8) is 0 Å². The Labute approximate surface area is 117 Å². The third-order valence-electron chi connectivity index (χ3n) is 2.23. The fraction of sp³-hybridized carbons (Fsp3) is 0.0833. The van der Waals surface area contributed by atoms with Gasteiger partial charge in [0.2, 0.25) is 0 Å². The molecule has 0 unspecified atom stereocenters. The van der Waals surface area contributed by atoms with Crippen molar-refractivity contribution < 1.29 is 0 Å². The van der Waals surface area contributed by atoms with Gasteiger partial charge in [-0.15, -0.1) is 0 Å². The fourth-order valence-electron chi connectivity index (χ4n) is 1.39. The van der Waals surface area contributed by atoms with E-state index in [1.165, 1.54) is 0 Å². The third kappa shape index (κ3) is 3.20. The highest BCUT2D eigenvalue weighted by molar-refractivity contribution is 9.11. The molecule has 1 heterocycles. The molecule has 88 valence electrons. The summed E-state index contributed by atoms with van der Waals surface area (Å²) in [6.07, 6.45) is 1.76. The zero-order chi connectivity index (χ0) is 12.3. The van der Waals surface area contributed by atoms with Gasteiger partial charge >= 0.3 is 0 Å². The van der Waals surface area contributed by atoms with Crippen LogP contribution in [0.15, 0.2) is 45.5 Å². The molecule has 0 atom stereocenters. The van der Waals surface area contributed by atoms with Crippen molar-refractivity contribution in [1.29, 1.82) is 0 Å². The van der Waals surface area contributed by atoms with Crippen LogP contribution in [-0.4, -0.2) is 12.0 Å². The van der Waals surface area contributed by atoms with Crippen LogP contribution in [0.2, 0.25) is 0 Å². The van der Waals surface area contributed by atoms with Gasteiger partial charge < -0.3 is 10.6 Å². The van der Waals surface area contributed by atoms with Crippen molar-refractivity contribution in [1.82, 2.24) is 4.98 Å². The highest BCUT2D eigenvalue weighted by atomic mass is 79.9. The van der Waals surface area contributed by atoms with E-state index in [1.807, 2.05) is 37.4 Å². The molecule has 0 aliphatic heterocycles. The van der Waals surface area contributed by atoms with E-state index in [9.17, 15) is 0 Å². The summed E-state index contributed by atoms with van der Waals surface area (Å²) < 4.78 is 2.05. The molecule has 0 fully saturated rings. The Balaban J connectivity index is 2.25. The normalized spacial score (nSPS) is 10.1. The second-order valence-electron chi connectivity index (χ2n) is 3.43. The minimum atomic E-state index is 0.836. The minimum Gasteiger partial charge on any atom is -0.373 e. The van der Waals surface area contributed by atoms with Gasteiger partial charge in [-0.3, -0.25) is 0 Å². The molecule has 1 aromatic heterocycles. The van der Waals surface area contributed by atoms with Crippen molar-refractivity contribution in [2.45, 2.75) is 0 Å². The van der Waals surface area contributed by atoms with Gasteiger partial charge in [0.05, 0.1) is 5.69 Å². The molecule has 2 aromatic rings. The molecule has 1 aromatic carbocycles. The summed E-state index contributed by atoms with van der Waals surface area (Å²) in [6.45, 7) is 0. The van der Waals surface area contributed by atoms with E-state index in [0.717, 1.165) is 26.1 Å². The monoisotopic (exact) mass is 355 g/mol. The van der Waals surface area contributed by atoms with Crippen LogP contribution in [0.1, 0.15) is 0 Å². The molecular formula is C12H11Br2N3. The van der Waals surface area contributed by atoms with Gasteiger partial charge in [-0.1, -0.05) is 15.9 Å². The molecule has 0 aliphatic carbocycles. The van der Waals surface area contributed by atoms with Gasteiger partial charge in [-0.05, 0) is 40.2 Å². The van der Waals surface area contributed by atoms with Gasteiger partial charge in [0, 0.05) is 33.9 Å². The van der Waals surface area contributed by atoms with Crippen molar-refractivity contribution in [3.8, 4) is 0 Å². The van der Waals surface area contributed by atoms with E-state index in [2.05, 4.69) is 47.5 Å². The van der Waals surface area contributed by atoms with E-state index >= 15 is 0 Å². The van der Waals surface area contributed by atoms with Crippen LogP contribution in [0.4, 0.5) is 17.2 Å². The fourth-order valence-corrected chi connectivity index (χ4v) is 2.54. The Morgan fingerprint density at radius 2 is 1.94 bits per heavy atom. The summed E-state index contributed by atoms with van der Waals surface area (Å²) in [7, 11) is 1.85. The lowest BCUT2D eigenvalue weighted by Gasteiger charge is -2.09. The molecule has 0 aliphatic rings. The molecular weight excluding hydrogens is 346 g/mol. The lowest BCUT2D eigenvalue weighted by Crippen LogP contribution is -1.95. The highest BCUT2D eigenvalue weighted by Gasteiger charge is 2.01. The SMILES string of the molecule is CNc1cc(Nc2ccc(Br)cc2Br)ccn1. The summed E-state index contributed by atoms with van der Waals surface area (Å²) >= 11 is 6.94. The molecule has 0 saturated carbocycles. The molecule has 2 N–H and O–H groups in total. The number of aromatic nitrogens is 1. The van der Waals surface area contributed by atoms with Crippen molar-refractivity contribution in [2.75, 3.05) is 17.7 Å². The van der Waals surface area contributed by atoms with Crippen molar-refractivity contribution >= 4 is 49.1 Å². The Morgan fingerprint density at radius 1 is 1.12 bits per heavy atom. The molecule has 0 radical (unpaired) electrons. The average Bonchev–Trinajstić information content (AvgIpc) is 2.33. The largest absolute Gasteiger partial charge is 0.373 e. The number of pyridine rings is 1. The lowest BCUT2D eigenvalue weighted by molar-refractivity contribution is 1.28. The van der Waals surface area contributed by atoms with Crippen LogP contribution < -0.4 is 10.6 Å². The second-order valence-corrected chi connectivity index (χ2v) is 5.20. The Morgan fingerprint density at radius 3 is 2.65 bits per heavy atom. The maximum Gasteiger partial charge on any atom is 0.127 e. The van der Waals surface area contributed by atoms with Gasteiger partial charge in [-0.2, -0.15) is 0 Å². The number of nitrogens with zero attached hydrogens (tertiary/aromatic N) is 1. The van der Waals surface area contributed by atoms with E-state index in [1.54, 1.807) is 6.20 Å². The zero-order valence-electron chi connectivity index (χ0n) is 9.17.